The SMILES string of the molecule is C=C[C@@H]1OC(=O)O[C@H]1C1CCCCC1. The van der Waals surface area contributed by atoms with Crippen LogP contribution >= 0.6 is 0 Å². The molecule has 1 aliphatic heterocycles. The summed E-state index contributed by atoms with van der Waals surface area (Å²) in [6.45, 7) is 3.66. The van der Waals surface area contributed by atoms with Crippen LogP contribution in [0.25, 0.3) is 0 Å². The van der Waals surface area contributed by atoms with Gasteiger partial charge in [-0.3, -0.25) is 0 Å². The Labute approximate surface area is 84.1 Å². The van der Waals surface area contributed by atoms with Crippen LogP contribution in [0.5, 0.6) is 0 Å². The van der Waals surface area contributed by atoms with Crippen LogP contribution < -0.4 is 0 Å². The summed E-state index contributed by atoms with van der Waals surface area (Å²) in [5, 5.41) is 0. The van der Waals surface area contributed by atoms with Crippen LogP contribution in [0.15, 0.2) is 12.7 Å². The van der Waals surface area contributed by atoms with Gasteiger partial charge in [-0.05, 0) is 18.9 Å². The lowest BCUT2D eigenvalue weighted by atomic mass is 9.83. The van der Waals surface area contributed by atoms with Gasteiger partial charge in [0.25, 0.3) is 0 Å². The first-order valence-electron chi connectivity index (χ1n) is 5.31. The van der Waals surface area contributed by atoms with Crippen molar-refractivity contribution in [3.05, 3.63) is 12.7 Å². The van der Waals surface area contributed by atoms with E-state index in [4.69, 9.17) is 9.47 Å². The van der Waals surface area contributed by atoms with E-state index in [1.165, 1.54) is 19.3 Å². The second kappa shape index (κ2) is 4.03. The molecule has 2 aliphatic rings. The molecule has 1 saturated carbocycles. The molecule has 0 spiro atoms. The summed E-state index contributed by atoms with van der Waals surface area (Å²) in [4.78, 5) is 11.0. The number of cyclic esters (lactones) is 2. The fourth-order valence-corrected chi connectivity index (χ4v) is 2.39. The summed E-state index contributed by atoms with van der Waals surface area (Å²) in [6, 6.07) is 0. The molecular weight excluding hydrogens is 180 g/mol. The molecule has 0 radical (unpaired) electrons. The second-order valence-electron chi connectivity index (χ2n) is 4.05. The minimum Gasteiger partial charge on any atom is -0.426 e. The van der Waals surface area contributed by atoms with Crippen molar-refractivity contribution in [2.75, 3.05) is 0 Å². The van der Waals surface area contributed by atoms with E-state index in [2.05, 4.69) is 6.58 Å². The van der Waals surface area contributed by atoms with Crippen LogP contribution in [0.4, 0.5) is 4.79 Å². The van der Waals surface area contributed by atoms with Crippen molar-refractivity contribution in [1.29, 1.82) is 0 Å². The van der Waals surface area contributed by atoms with Crippen molar-refractivity contribution in [3.63, 3.8) is 0 Å². The number of rotatable bonds is 2. The van der Waals surface area contributed by atoms with Gasteiger partial charge in [-0.1, -0.05) is 25.8 Å². The van der Waals surface area contributed by atoms with Crippen LogP contribution in [-0.4, -0.2) is 18.4 Å². The molecular formula is C11H16O3. The third kappa shape index (κ3) is 1.76. The molecule has 1 aliphatic carbocycles. The van der Waals surface area contributed by atoms with Crippen molar-refractivity contribution >= 4 is 6.16 Å². The van der Waals surface area contributed by atoms with Gasteiger partial charge in [0.2, 0.25) is 0 Å². The van der Waals surface area contributed by atoms with Crippen LogP contribution in [0.2, 0.25) is 0 Å². The van der Waals surface area contributed by atoms with Crippen molar-refractivity contribution in [3.8, 4) is 0 Å². The summed E-state index contributed by atoms with van der Waals surface area (Å²) in [5.41, 5.74) is 0. The van der Waals surface area contributed by atoms with Gasteiger partial charge in [0.15, 0.2) is 6.10 Å². The molecule has 0 aromatic heterocycles. The molecule has 1 heterocycles. The van der Waals surface area contributed by atoms with Gasteiger partial charge >= 0.3 is 6.16 Å². The van der Waals surface area contributed by atoms with E-state index in [0.29, 0.717) is 5.92 Å². The second-order valence-corrected chi connectivity index (χ2v) is 4.05. The van der Waals surface area contributed by atoms with Crippen molar-refractivity contribution in [1.82, 2.24) is 0 Å². The highest BCUT2D eigenvalue weighted by atomic mass is 16.8. The predicted octanol–water partition coefficient (Wildman–Crippen LogP) is 2.66. The summed E-state index contributed by atoms with van der Waals surface area (Å²) in [6.07, 6.45) is 6.89. The number of hydrogen-bond donors (Lipinski definition) is 0. The molecule has 1 saturated heterocycles. The molecule has 3 heteroatoms. The lowest BCUT2D eigenvalue weighted by Crippen LogP contribution is -2.30. The van der Waals surface area contributed by atoms with Crippen molar-refractivity contribution in [2.45, 2.75) is 44.3 Å². The molecule has 2 fully saturated rings. The van der Waals surface area contributed by atoms with E-state index in [1.54, 1.807) is 6.08 Å². The van der Waals surface area contributed by atoms with Crippen molar-refractivity contribution < 1.29 is 14.3 Å². The van der Waals surface area contributed by atoms with Crippen LogP contribution in [0, 0.1) is 5.92 Å². The van der Waals surface area contributed by atoms with Gasteiger partial charge in [-0.2, -0.15) is 0 Å². The monoisotopic (exact) mass is 196 g/mol. The highest BCUT2D eigenvalue weighted by Gasteiger charge is 2.40. The molecule has 0 aromatic carbocycles. The maximum absolute atomic E-state index is 11.0. The van der Waals surface area contributed by atoms with Gasteiger partial charge in [-0.25, -0.2) is 4.79 Å². The summed E-state index contributed by atoms with van der Waals surface area (Å²) < 4.78 is 10.2. The molecule has 0 unspecified atom stereocenters. The number of hydrogen-bond acceptors (Lipinski definition) is 3. The molecule has 78 valence electrons. The minimum absolute atomic E-state index is 0.0831. The highest BCUT2D eigenvalue weighted by Crippen LogP contribution is 2.33. The third-order valence-electron chi connectivity index (χ3n) is 3.14. The van der Waals surface area contributed by atoms with Gasteiger partial charge < -0.3 is 9.47 Å². The highest BCUT2D eigenvalue weighted by molar-refractivity contribution is 5.63. The third-order valence-corrected chi connectivity index (χ3v) is 3.14. The molecule has 0 aromatic rings. The molecule has 0 N–H and O–H groups in total. The molecule has 3 nitrogen and oxygen atoms in total. The largest absolute Gasteiger partial charge is 0.509 e. The number of carbonyl (C=O) groups excluding carboxylic acids is 1. The molecule has 0 amide bonds. The summed E-state index contributed by atoms with van der Waals surface area (Å²) in [7, 11) is 0. The van der Waals surface area contributed by atoms with E-state index in [0.717, 1.165) is 12.8 Å². The topological polar surface area (TPSA) is 35.5 Å². The van der Waals surface area contributed by atoms with Crippen LogP contribution in [0.3, 0.4) is 0 Å². The predicted molar refractivity (Wildman–Crippen MR) is 51.9 cm³/mol. The van der Waals surface area contributed by atoms with E-state index in [9.17, 15) is 4.79 Å². The Balaban J connectivity index is 2.00. The van der Waals surface area contributed by atoms with Gasteiger partial charge in [0, 0.05) is 5.92 Å². The normalized spacial score (nSPS) is 33.6. The fourth-order valence-electron chi connectivity index (χ4n) is 2.39. The maximum atomic E-state index is 11.0. The van der Waals surface area contributed by atoms with E-state index >= 15 is 0 Å². The average Bonchev–Trinajstić information content (AvgIpc) is 2.61. The maximum Gasteiger partial charge on any atom is 0.509 e. The van der Waals surface area contributed by atoms with Gasteiger partial charge in [0.05, 0.1) is 0 Å². The lowest BCUT2D eigenvalue weighted by Gasteiger charge is -2.26. The lowest BCUT2D eigenvalue weighted by molar-refractivity contribution is 0.0803. The van der Waals surface area contributed by atoms with Crippen LogP contribution in [0.1, 0.15) is 32.1 Å². The standard InChI is InChI=1S/C11H16O3/c1-2-9-10(14-11(12)13-9)8-6-4-3-5-7-8/h2,8-10H,1,3-7H2/t9-,10-/m0/s1. The Bertz CT molecular complexity index is 231. The first kappa shape index (κ1) is 9.56. The Morgan fingerprint density at radius 2 is 1.93 bits per heavy atom. The average molecular weight is 196 g/mol. The Morgan fingerprint density at radius 3 is 2.57 bits per heavy atom. The minimum atomic E-state index is -0.537. The van der Waals surface area contributed by atoms with E-state index in [1.807, 2.05) is 0 Å². The molecule has 2 atom stereocenters. The summed E-state index contributed by atoms with van der Waals surface area (Å²) in [5.74, 6) is 0.471. The van der Waals surface area contributed by atoms with Gasteiger partial charge in [-0.15, -0.1) is 0 Å². The Hall–Kier alpha value is -0.990. The zero-order chi connectivity index (χ0) is 9.97. The van der Waals surface area contributed by atoms with Crippen LogP contribution in [-0.2, 0) is 9.47 Å². The summed E-state index contributed by atoms with van der Waals surface area (Å²) >= 11 is 0. The molecule has 2 rings (SSSR count). The Morgan fingerprint density at radius 1 is 1.21 bits per heavy atom. The zero-order valence-electron chi connectivity index (χ0n) is 8.28. The van der Waals surface area contributed by atoms with E-state index in [-0.39, 0.29) is 12.2 Å². The number of carbonyl (C=O) groups is 1. The van der Waals surface area contributed by atoms with Gasteiger partial charge in [0.1, 0.15) is 6.10 Å². The quantitative estimate of drug-likeness (QED) is 0.503. The fraction of sp³-hybridized carbons (Fsp3) is 0.727. The molecule has 0 bridgehead atoms. The number of ether oxygens (including phenoxy) is 2. The smallest absolute Gasteiger partial charge is 0.426 e. The van der Waals surface area contributed by atoms with Crippen molar-refractivity contribution in [2.24, 2.45) is 5.92 Å². The Kier molecular flexibility index (Phi) is 2.75. The molecule has 14 heavy (non-hydrogen) atoms. The van der Waals surface area contributed by atoms with E-state index < -0.39 is 6.16 Å². The zero-order valence-corrected chi connectivity index (χ0v) is 8.28. The first-order valence-corrected chi connectivity index (χ1v) is 5.31. The first-order chi connectivity index (χ1) is 6.81.